The van der Waals surface area contributed by atoms with Crippen molar-refractivity contribution in [3.05, 3.63) is 0 Å². The van der Waals surface area contributed by atoms with E-state index in [9.17, 15) is 19.4 Å². The lowest BCUT2D eigenvalue weighted by Crippen LogP contribution is -2.45. The maximum atomic E-state index is 11.2. The smallest absolute Gasteiger partial charge is 0.268 e. The van der Waals surface area contributed by atoms with Gasteiger partial charge in [0, 0.05) is 6.61 Å². The first kappa shape index (κ1) is 17.5. The number of carboxylic acids is 1. The summed E-state index contributed by atoms with van der Waals surface area (Å²) in [7, 11) is -4.58. The predicted octanol–water partition coefficient (Wildman–Crippen LogP) is -1.62. The lowest BCUT2D eigenvalue weighted by Gasteiger charge is -2.26. The average Bonchev–Trinajstić information content (AvgIpc) is 2.31. The third kappa shape index (κ3) is 7.75. The van der Waals surface area contributed by atoms with Gasteiger partial charge in [-0.1, -0.05) is 6.92 Å². The SMILES string of the molecule is CCOC(CC)COP(=O)([O-])OCC(N)C(=O)[O-]. The molecule has 3 unspecified atom stereocenters. The molecule has 0 aliphatic rings. The Morgan fingerprint density at radius 1 is 1.33 bits per heavy atom. The minimum atomic E-state index is -4.58. The molecular weight excluding hydrogens is 265 g/mol. The Kier molecular flexibility index (Phi) is 8.34. The van der Waals surface area contributed by atoms with Gasteiger partial charge in [0.1, 0.15) is 0 Å². The van der Waals surface area contributed by atoms with Crippen LogP contribution in [0.2, 0.25) is 0 Å². The van der Waals surface area contributed by atoms with Gasteiger partial charge in [-0.3, -0.25) is 4.57 Å². The molecule has 0 heterocycles. The van der Waals surface area contributed by atoms with Gasteiger partial charge in [0.25, 0.3) is 7.82 Å². The zero-order valence-electron chi connectivity index (χ0n) is 10.4. The zero-order valence-corrected chi connectivity index (χ0v) is 11.3. The van der Waals surface area contributed by atoms with E-state index in [-0.39, 0.29) is 12.7 Å². The number of phosphoric acid groups is 1. The number of hydrogen-bond donors (Lipinski definition) is 1. The normalized spacial score (nSPS) is 18.0. The van der Waals surface area contributed by atoms with Crippen molar-refractivity contribution in [1.82, 2.24) is 0 Å². The molecule has 108 valence electrons. The summed E-state index contributed by atoms with van der Waals surface area (Å²) in [4.78, 5) is 21.5. The van der Waals surface area contributed by atoms with Gasteiger partial charge in [0.05, 0.1) is 31.3 Å². The van der Waals surface area contributed by atoms with E-state index in [0.29, 0.717) is 13.0 Å². The zero-order chi connectivity index (χ0) is 14.2. The quantitative estimate of drug-likeness (QED) is 0.473. The molecule has 0 radical (unpaired) electrons. The number of phosphoric ester groups is 1. The maximum absolute atomic E-state index is 11.2. The minimum absolute atomic E-state index is 0.189. The third-order valence-corrected chi connectivity index (χ3v) is 2.92. The van der Waals surface area contributed by atoms with Gasteiger partial charge in [-0.25, -0.2) is 0 Å². The lowest BCUT2D eigenvalue weighted by molar-refractivity contribution is -0.308. The monoisotopic (exact) mass is 283 g/mol. The molecule has 18 heavy (non-hydrogen) atoms. The topological polar surface area (TPSA) is 134 Å². The van der Waals surface area contributed by atoms with Crippen LogP contribution in [0.3, 0.4) is 0 Å². The number of ether oxygens (including phenoxy) is 1. The van der Waals surface area contributed by atoms with E-state index in [1.54, 1.807) is 6.92 Å². The van der Waals surface area contributed by atoms with Crippen molar-refractivity contribution < 1.29 is 33.1 Å². The molecule has 2 N–H and O–H groups in total. The van der Waals surface area contributed by atoms with Gasteiger partial charge in [-0.05, 0) is 13.3 Å². The molecule has 0 aliphatic carbocycles. The van der Waals surface area contributed by atoms with Crippen LogP contribution in [0.1, 0.15) is 20.3 Å². The molecule has 0 aromatic rings. The van der Waals surface area contributed by atoms with Crippen molar-refractivity contribution in [3.8, 4) is 0 Å². The van der Waals surface area contributed by atoms with E-state index in [0.717, 1.165) is 0 Å². The lowest BCUT2D eigenvalue weighted by atomic mass is 10.3. The molecule has 0 fully saturated rings. The molecule has 0 saturated carbocycles. The first-order chi connectivity index (χ1) is 8.32. The van der Waals surface area contributed by atoms with Gasteiger partial charge in [0.2, 0.25) is 0 Å². The van der Waals surface area contributed by atoms with E-state index in [2.05, 4.69) is 9.05 Å². The molecular formula is C9H18NO7P-2. The van der Waals surface area contributed by atoms with Crippen LogP contribution in [0, 0.1) is 0 Å². The molecule has 0 rings (SSSR count). The van der Waals surface area contributed by atoms with Crippen LogP contribution in [0.15, 0.2) is 0 Å². The van der Waals surface area contributed by atoms with E-state index >= 15 is 0 Å². The molecule has 0 bridgehead atoms. The van der Waals surface area contributed by atoms with Crippen LogP contribution in [-0.2, 0) is 23.1 Å². The summed E-state index contributed by atoms with van der Waals surface area (Å²) in [6.45, 7) is 3.10. The summed E-state index contributed by atoms with van der Waals surface area (Å²) in [6.07, 6.45) is 0.211. The summed E-state index contributed by atoms with van der Waals surface area (Å²) in [5.41, 5.74) is 5.03. The van der Waals surface area contributed by atoms with E-state index in [4.69, 9.17) is 10.5 Å². The maximum Gasteiger partial charge on any atom is 0.268 e. The predicted molar refractivity (Wildman–Crippen MR) is 58.2 cm³/mol. The number of carboxylic acid groups (broad SMARTS) is 1. The number of carbonyl (C=O) groups is 1. The van der Waals surface area contributed by atoms with Crippen molar-refractivity contribution in [2.75, 3.05) is 19.8 Å². The van der Waals surface area contributed by atoms with Crippen LogP contribution in [0.4, 0.5) is 0 Å². The molecule has 0 aliphatic heterocycles. The van der Waals surface area contributed by atoms with Crippen LogP contribution < -0.4 is 15.7 Å². The summed E-state index contributed by atoms with van der Waals surface area (Å²) >= 11 is 0. The highest BCUT2D eigenvalue weighted by Gasteiger charge is 2.15. The number of rotatable bonds is 10. The summed E-state index contributed by atoms with van der Waals surface area (Å²) in [5.74, 6) is -1.60. The van der Waals surface area contributed by atoms with Gasteiger partial charge in [-0.15, -0.1) is 0 Å². The number of aliphatic carboxylic acids is 1. The Hall–Kier alpha value is -0.500. The molecule has 0 spiro atoms. The summed E-state index contributed by atoms with van der Waals surface area (Å²) < 4.78 is 25.3. The first-order valence-corrected chi connectivity index (χ1v) is 6.96. The van der Waals surface area contributed by atoms with E-state index in [1.165, 1.54) is 0 Å². The second kappa shape index (κ2) is 8.58. The van der Waals surface area contributed by atoms with E-state index in [1.807, 2.05) is 6.92 Å². The Balaban J connectivity index is 4.06. The van der Waals surface area contributed by atoms with E-state index < -0.39 is 26.4 Å². The van der Waals surface area contributed by atoms with Crippen molar-refractivity contribution in [2.45, 2.75) is 32.4 Å². The fourth-order valence-electron chi connectivity index (χ4n) is 0.971. The van der Waals surface area contributed by atoms with Gasteiger partial charge in [0.15, 0.2) is 0 Å². The molecule has 3 atom stereocenters. The second-order valence-corrected chi connectivity index (χ2v) is 4.86. The molecule has 0 saturated heterocycles. The van der Waals surface area contributed by atoms with Crippen molar-refractivity contribution >= 4 is 13.8 Å². The minimum Gasteiger partial charge on any atom is -0.756 e. The second-order valence-electron chi connectivity index (χ2n) is 3.45. The highest BCUT2D eigenvalue weighted by Crippen LogP contribution is 2.38. The highest BCUT2D eigenvalue weighted by molar-refractivity contribution is 7.45. The molecule has 0 aromatic heterocycles. The Morgan fingerprint density at radius 2 is 1.89 bits per heavy atom. The van der Waals surface area contributed by atoms with Crippen molar-refractivity contribution in [3.63, 3.8) is 0 Å². The third-order valence-electron chi connectivity index (χ3n) is 1.99. The van der Waals surface area contributed by atoms with Crippen molar-refractivity contribution in [2.24, 2.45) is 5.73 Å². The Bertz CT molecular complexity index is 299. The molecule has 8 nitrogen and oxygen atoms in total. The largest absolute Gasteiger partial charge is 0.756 e. The number of hydrogen-bond acceptors (Lipinski definition) is 8. The van der Waals surface area contributed by atoms with Crippen molar-refractivity contribution in [1.29, 1.82) is 0 Å². The molecule has 9 heteroatoms. The van der Waals surface area contributed by atoms with Crippen LogP contribution in [-0.4, -0.2) is 37.9 Å². The van der Waals surface area contributed by atoms with Crippen LogP contribution in [0.5, 0.6) is 0 Å². The van der Waals surface area contributed by atoms with Crippen LogP contribution >= 0.6 is 7.82 Å². The standard InChI is InChI=1S/C9H20NO7P/c1-3-7(15-4-2)5-16-18(13,14)17-6-8(10)9(11)12/h7-8H,3-6,10H2,1-2H3,(H,11,12)(H,13,14)/p-2. The Labute approximate surface area is 106 Å². The Morgan fingerprint density at radius 3 is 2.33 bits per heavy atom. The average molecular weight is 283 g/mol. The van der Waals surface area contributed by atoms with Gasteiger partial charge in [-0.2, -0.15) is 0 Å². The molecule has 0 amide bonds. The van der Waals surface area contributed by atoms with Crippen LogP contribution in [0.25, 0.3) is 0 Å². The molecule has 0 aromatic carbocycles. The summed E-state index contributed by atoms with van der Waals surface area (Å²) in [5, 5.41) is 10.2. The first-order valence-electron chi connectivity index (χ1n) is 5.50. The van der Waals surface area contributed by atoms with Gasteiger partial charge >= 0.3 is 0 Å². The number of nitrogens with two attached hydrogens (primary N) is 1. The summed E-state index contributed by atoms with van der Waals surface area (Å²) in [6, 6.07) is -1.52. The fourth-order valence-corrected chi connectivity index (χ4v) is 1.74. The van der Waals surface area contributed by atoms with Gasteiger partial charge < -0.3 is 34.3 Å². The highest BCUT2D eigenvalue weighted by atomic mass is 31.2. The fraction of sp³-hybridized carbons (Fsp3) is 0.889. The number of carbonyl (C=O) groups excluding carboxylic acids is 1.